The molecule has 19 heavy (non-hydrogen) atoms. The van der Waals surface area contributed by atoms with Crippen LogP contribution >= 0.6 is 0 Å². The van der Waals surface area contributed by atoms with E-state index in [1.54, 1.807) is 13.0 Å². The summed E-state index contributed by atoms with van der Waals surface area (Å²) in [6, 6.07) is 5.77. The smallest absolute Gasteiger partial charge is 0.339 e. The van der Waals surface area contributed by atoms with Crippen molar-refractivity contribution in [2.24, 2.45) is 5.14 Å². The van der Waals surface area contributed by atoms with Crippen molar-refractivity contribution in [2.75, 3.05) is 0 Å². The molecule has 0 aromatic heterocycles. The highest BCUT2D eigenvalue weighted by Crippen LogP contribution is 2.16. The predicted molar refractivity (Wildman–Crippen MR) is 72.2 cm³/mol. The number of sulfonamides is 1. The molecule has 1 aromatic rings. The van der Waals surface area contributed by atoms with Gasteiger partial charge >= 0.3 is 5.97 Å². The lowest BCUT2D eigenvalue weighted by Gasteiger charge is -2.14. The van der Waals surface area contributed by atoms with Crippen molar-refractivity contribution in [1.82, 2.24) is 0 Å². The maximum Gasteiger partial charge on any atom is 0.339 e. The molecule has 0 spiro atoms. The quantitative estimate of drug-likeness (QED) is 0.811. The van der Waals surface area contributed by atoms with Crippen LogP contribution in [0.1, 0.15) is 43.5 Å². The molecule has 1 aromatic carbocycles. The monoisotopic (exact) mass is 285 g/mol. The number of esters is 1. The van der Waals surface area contributed by atoms with E-state index in [2.05, 4.69) is 0 Å². The number of unbranched alkanes of at least 4 members (excludes halogenated alkanes) is 1. The molecule has 0 bridgehead atoms. The van der Waals surface area contributed by atoms with Crippen LogP contribution in [0, 0.1) is 0 Å². The van der Waals surface area contributed by atoms with Gasteiger partial charge in [0.05, 0.1) is 16.6 Å². The summed E-state index contributed by atoms with van der Waals surface area (Å²) >= 11 is 0. The van der Waals surface area contributed by atoms with Crippen LogP contribution in [0.5, 0.6) is 0 Å². The van der Waals surface area contributed by atoms with E-state index in [1.807, 2.05) is 6.92 Å². The average Bonchev–Trinajstić information content (AvgIpc) is 2.35. The second-order valence-electron chi connectivity index (χ2n) is 4.40. The molecule has 0 heterocycles. The van der Waals surface area contributed by atoms with E-state index in [-0.39, 0.29) is 16.6 Å². The van der Waals surface area contributed by atoms with Crippen molar-refractivity contribution >= 4 is 16.0 Å². The molecule has 0 aliphatic heterocycles. The molecule has 1 unspecified atom stereocenters. The fourth-order valence-corrected chi connectivity index (χ4v) is 2.41. The van der Waals surface area contributed by atoms with Gasteiger partial charge < -0.3 is 4.74 Å². The number of ether oxygens (including phenoxy) is 1. The third-order valence-corrected chi connectivity index (χ3v) is 3.65. The molecule has 106 valence electrons. The van der Waals surface area contributed by atoms with Crippen molar-refractivity contribution in [3.63, 3.8) is 0 Å². The van der Waals surface area contributed by atoms with E-state index in [0.29, 0.717) is 0 Å². The summed E-state index contributed by atoms with van der Waals surface area (Å²) in [4.78, 5) is 11.7. The minimum atomic E-state index is -3.93. The van der Waals surface area contributed by atoms with Gasteiger partial charge in [-0.1, -0.05) is 31.9 Å². The summed E-state index contributed by atoms with van der Waals surface area (Å²) in [5.74, 6) is -0.659. The number of carbonyl (C=O) groups excluding carboxylic acids is 1. The van der Waals surface area contributed by atoms with E-state index in [9.17, 15) is 13.2 Å². The van der Waals surface area contributed by atoms with Crippen LogP contribution in [0.3, 0.4) is 0 Å². The molecule has 0 radical (unpaired) electrons. The average molecular weight is 285 g/mol. The third-order valence-electron chi connectivity index (χ3n) is 2.69. The van der Waals surface area contributed by atoms with Gasteiger partial charge in [-0.25, -0.2) is 18.4 Å². The Balaban J connectivity index is 2.89. The molecule has 0 aliphatic rings. The van der Waals surface area contributed by atoms with Gasteiger partial charge in [0, 0.05) is 0 Å². The summed E-state index contributed by atoms with van der Waals surface area (Å²) in [6.07, 6.45) is 2.46. The van der Waals surface area contributed by atoms with Crippen LogP contribution in [0.15, 0.2) is 29.2 Å². The number of primary sulfonamides is 1. The van der Waals surface area contributed by atoms with Crippen LogP contribution in [-0.2, 0) is 14.8 Å². The normalized spacial score (nSPS) is 13.0. The van der Waals surface area contributed by atoms with E-state index >= 15 is 0 Å². The second kappa shape index (κ2) is 6.68. The van der Waals surface area contributed by atoms with Crippen LogP contribution in [-0.4, -0.2) is 20.5 Å². The van der Waals surface area contributed by atoms with Crippen molar-refractivity contribution < 1.29 is 17.9 Å². The summed E-state index contributed by atoms with van der Waals surface area (Å²) in [5.41, 5.74) is -0.0200. The first-order valence-electron chi connectivity index (χ1n) is 6.19. The Morgan fingerprint density at radius 1 is 1.37 bits per heavy atom. The number of hydrogen-bond donors (Lipinski definition) is 1. The highest BCUT2D eigenvalue weighted by atomic mass is 32.2. The topological polar surface area (TPSA) is 86.5 Å². The molecule has 1 rings (SSSR count). The molecule has 0 saturated heterocycles. The first kappa shape index (κ1) is 15.7. The van der Waals surface area contributed by atoms with Crippen LogP contribution in [0.25, 0.3) is 0 Å². The van der Waals surface area contributed by atoms with Crippen molar-refractivity contribution in [1.29, 1.82) is 0 Å². The van der Waals surface area contributed by atoms with Gasteiger partial charge in [-0.2, -0.15) is 0 Å². The van der Waals surface area contributed by atoms with E-state index in [1.165, 1.54) is 18.2 Å². The van der Waals surface area contributed by atoms with Crippen molar-refractivity contribution in [2.45, 2.75) is 44.1 Å². The maximum absolute atomic E-state index is 11.9. The second-order valence-corrected chi connectivity index (χ2v) is 5.93. The van der Waals surface area contributed by atoms with Gasteiger partial charge in [0.25, 0.3) is 0 Å². The Morgan fingerprint density at radius 3 is 2.58 bits per heavy atom. The largest absolute Gasteiger partial charge is 0.459 e. The number of hydrogen-bond acceptors (Lipinski definition) is 4. The molecular formula is C13H19NO4S. The van der Waals surface area contributed by atoms with E-state index in [4.69, 9.17) is 9.88 Å². The molecule has 0 saturated carbocycles. The molecule has 5 nitrogen and oxygen atoms in total. The Labute approximate surface area is 113 Å². The van der Waals surface area contributed by atoms with Crippen LogP contribution in [0.4, 0.5) is 0 Å². The lowest BCUT2D eigenvalue weighted by Crippen LogP contribution is -2.20. The molecule has 6 heteroatoms. The number of benzene rings is 1. The van der Waals surface area contributed by atoms with Gasteiger partial charge in [-0.05, 0) is 25.5 Å². The van der Waals surface area contributed by atoms with Crippen LogP contribution in [0.2, 0.25) is 0 Å². The Hall–Kier alpha value is -1.40. The zero-order chi connectivity index (χ0) is 14.5. The first-order chi connectivity index (χ1) is 8.86. The van der Waals surface area contributed by atoms with Gasteiger partial charge in [0.2, 0.25) is 10.0 Å². The molecular weight excluding hydrogens is 266 g/mol. The molecule has 0 aliphatic carbocycles. The predicted octanol–water partition coefficient (Wildman–Crippen LogP) is 2.07. The number of carbonyl (C=O) groups is 1. The summed E-state index contributed by atoms with van der Waals surface area (Å²) in [7, 11) is -3.93. The number of rotatable bonds is 6. The lowest BCUT2D eigenvalue weighted by molar-refractivity contribution is 0.0315. The Morgan fingerprint density at radius 2 is 2.00 bits per heavy atom. The Kier molecular flexibility index (Phi) is 5.50. The van der Waals surface area contributed by atoms with Crippen molar-refractivity contribution in [3.05, 3.63) is 29.8 Å². The maximum atomic E-state index is 11.9. The van der Waals surface area contributed by atoms with Gasteiger partial charge in [0.15, 0.2) is 0 Å². The minimum Gasteiger partial charge on any atom is -0.459 e. The number of nitrogens with two attached hydrogens (primary N) is 1. The third kappa shape index (κ3) is 4.65. The summed E-state index contributed by atoms with van der Waals surface area (Å²) < 4.78 is 28.0. The van der Waals surface area contributed by atoms with Gasteiger partial charge in [-0.15, -0.1) is 0 Å². The zero-order valence-corrected chi connectivity index (χ0v) is 11.9. The first-order valence-corrected chi connectivity index (χ1v) is 7.73. The fourth-order valence-electron chi connectivity index (χ4n) is 1.68. The van der Waals surface area contributed by atoms with Crippen molar-refractivity contribution in [3.8, 4) is 0 Å². The van der Waals surface area contributed by atoms with E-state index in [0.717, 1.165) is 19.3 Å². The SMILES string of the molecule is CCCCC(C)OC(=O)c1ccccc1S(N)(=O)=O. The van der Waals surface area contributed by atoms with Gasteiger partial charge in [0.1, 0.15) is 0 Å². The highest BCUT2D eigenvalue weighted by molar-refractivity contribution is 7.89. The molecule has 1 atom stereocenters. The summed E-state index contributed by atoms with van der Waals surface area (Å²) in [5, 5.41) is 5.07. The van der Waals surface area contributed by atoms with E-state index < -0.39 is 16.0 Å². The van der Waals surface area contributed by atoms with Gasteiger partial charge in [-0.3, -0.25) is 0 Å². The standard InChI is InChI=1S/C13H19NO4S/c1-3-4-7-10(2)18-13(15)11-8-5-6-9-12(11)19(14,16)17/h5-6,8-10H,3-4,7H2,1-2H3,(H2,14,16,17). The molecule has 0 amide bonds. The Bertz CT molecular complexity index is 539. The van der Waals surface area contributed by atoms with Crippen LogP contribution < -0.4 is 5.14 Å². The molecule has 0 fully saturated rings. The minimum absolute atomic E-state index is 0.0200. The zero-order valence-electron chi connectivity index (χ0n) is 11.1. The lowest BCUT2D eigenvalue weighted by atomic mass is 10.2. The fraction of sp³-hybridized carbons (Fsp3) is 0.462. The highest BCUT2D eigenvalue weighted by Gasteiger charge is 2.21. The summed E-state index contributed by atoms with van der Waals surface area (Å²) in [6.45, 7) is 3.83. The molecule has 2 N–H and O–H groups in total.